The minimum Gasteiger partial charge on any atom is -0.497 e. The Kier molecular flexibility index (Phi) is 5.95. The highest BCUT2D eigenvalue weighted by molar-refractivity contribution is 5.78. The van der Waals surface area contributed by atoms with Gasteiger partial charge in [0, 0.05) is 26.1 Å². The van der Waals surface area contributed by atoms with E-state index in [4.69, 9.17) is 14.0 Å². The van der Waals surface area contributed by atoms with Crippen LogP contribution in [0.3, 0.4) is 0 Å². The molecule has 1 aromatic heterocycles. The van der Waals surface area contributed by atoms with Gasteiger partial charge in [-0.25, -0.2) is 0 Å². The summed E-state index contributed by atoms with van der Waals surface area (Å²) in [6, 6.07) is 5.48. The van der Waals surface area contributed by atoms with E-state index in [0.29, 0.717) is 29.8 Å². The third kappa shape index (κ3) is 4.39. The lowest BCUT2D eigenvalue weighted by Crippen LogP contribution is -2.39. The van der Waals surface area contributed by atoms with Crippen LogP contribution in [-0.4, -0.2) is 67.3 Å². The van der Waals surface area contributed by atoms with Crippen LogP contribution in [0, 0.1) is 5.92 Å². The average Bonchev–Trinajstić information content (AvgIpc) is 3.15. The normalized spacial score (nSPS) is 15.6. The molecule has 1 aromatic carbocycles. The number of rotatable bonds is 6. The van der Waals surface area contributed by atoms with Gasteiger partial charge in [-0.1, -0.05) is 5.16 Å². The monoisotopic (exact) mass is 374 g/mol. The number of carbonyl (C=O) groups excluding carboxylic acids is 1. The molecule has 0 unspecified atom stereocenters. The zero-order chi connectivity index (χ0) is 19.4. The Morgan fingerprint density at radius 2 is 2.00 bits per heavy atom. The number of hydrogen-bond acceptors (Lipinski definition) is 7. The molecule has 0 bridgehead atoms. The number of likely N-dealkylation sites (tertiary alicyclic amines) is 1. The molecule has 1 amide bonds. The highest BCUT2D eigenvalue weighted by atomic mass is 16.5. The van der Waals surface area contributed by atoms with Gasteiger partial charge >= 0.3 is 0 Å². The van der Waals surface area contributed by atoms with Crippen molar-refractivity contribution in [2.75, 3.05) is 41.4 Å². The second kappa shape index (κ2) is 8.39. The van der Waals surface area contributed by atoms with Crippen LogP contribution in [-0.2, 0) is 11.3 Å². The molecule has 8 heteroatoms. The SMILES string of the molecule is COc1ccc(-c2noc(CN3CCC(C(=O)N(C)C)CC3)n2)c(OC)c1. The van der Waals surface area contributed by atoms with Crippen LogP contribution in [0.15, 0.2) is 22.7 Å². The number of piperidine rings is 1. The Bertz CT molecular complexity index is 782. The lowest BCUT2D eigenvalue weighted by Gasteiger charge is -2.31. The predicted molar refractivity (Wildman–Crippen MR) is 99.5 cm³/mol. The molecule has 0 spiro atoms. The van der Waals surface area contributed by atoms with Crippen LogP contribution in [0.25, 0.3) is 11.4 Å². The first-order valence-electron chi connectivity index (χ1n) is 9.00. The van der Waals surface area contributed by atoms with E-state index in [-0.39, 0.29) is 11.8 Å². The highest BCUT2D eigenvalue weighted by Crippen LogP contribution is 2.31. The lowest BCUT2D eigenvalue weighted by atomic mass is 9.95. The zero-order valence-corrected chi connectivity index (χ0v) is 16.3. The largest absolute Gasteiger partial charge is 0.497 e. The quantitative estimate of drug-likeness (QED) is 0.765. The summed E-state index contributed by atoms with van der Waals surface area (Å²) in [5.74, 6) is 2.70. The van der Waals surface area contributed by atoms with Gasteiger partial charge in [0.25, 0.3) is 0 Å². The first-order valence-corrected chi connectivity index (χ1v) is 9.00. The molecular weight excluding hydrogens is 348 g/mol. The van der Waals surface area contributed by atoms with Gasteiger partial charge in [0.15, 0.2) is 0 Å². The first kappa shape index (κ1) is 19.2. The second-order valence-corrected chi connectivity index (χ2v) is 6.86. The van der Waals surface area contributed by atoms with E-state index >= 15 is 0 Å². The van der Waals surface area contributed by atoms with Crippen LogP contribution >= 0.6 is 0 Å². The molecule has 8 nitrogen and oxygen atoms in total. The van der Waals surface area contributed by atoms with Gasteiger partial charge in [0.05, 0.1) is 26.3 Å². The number of amides is 1. The van der Waals surface area contributed by atoms with Crippen molar-refractivity contribution in [3.63, 3.8) is 0 Å². The van der Waals surface area contributed by atoms with E-state index < -0.39 is 0 Å². The summed E-state index contributed by atoms with van der Waals surface area (Å²) in [6.07, 6.45) is 1.70. The topological polar surface area (TPSA) is 80.9 Å². The summed E-state index contributed by atoms with van der Waals surface area (Å²) < 4.78 is 16.0. The fourth-order valence-electron chi connectivity index (χ4n) is 3.31. The van der Waals surface area contributed by atoms with Gasteiger partial charge in [-0.3, -0.25) is 9.69 Å². The van der Waals surface area contributed by atoms with E-state index in [1.165, 1.54) is 0 Å². The maximum absolute atomic E-state index is 12.1. The van der Waals surface area contributed by atoms with E-state index in [1.54, 1.807) is 25.2 Å². The van der Waals surface area contributed by atoms with E-state index in [2.05, 4.69) is 15.0 Å². The van der Waals surface area contributed by atoms with Crippen molar-refractivity contribution in [1.29, 1.82) is 0 Å². The minimum atomic E-state index is 0.109. The van der Waals surface area contributed by atoms with Gasteiger partial charge in [0.1, 0.15) is 11.5 Å². The summed E-state index contributed by atoms with van der Waals surface area (Å²) in [6.45, 7) is 2.26. The van der Waals surface area contributed by atoms with Crippen molar-refractivity contribution in [2.45, 2.75) is 19.4 Å². The van der Waals surface area contributed by atoms with Gasteiger partial charge in [-0.05, 0) is 38.1 Å². The van der Waals surface area contributed by atoms with Gasteiger partial charge in [-0.2, -0.15) is 4.98 Å². The highest BCUT2D eigenvalue weighted by Gasteiger charge is 2.27. The summed E-state index contributed by atoms with van der Waals surface area (Å²) in [5.41, 5.74) is 0.753. The standard InChI is InChI=1S/C19H26N4O4/c1-22(2)19(24)13-7-9-23(10-8-13)12-17-20-18(21-27-17)15-6-5-14(25-3)11-16(15)26-4/h5-6,11,13H,7-10,12H2,1-4H3. The lowest BCUT2D eigenvalue weighted by molar-refractivity contribution is -0.134. The van der Waals surface area contributed by atoms with Crippen LogP contribution in [0.1, 0.15) is 18.7 Å². The zero-order valence-electron chi connectivity index (χ0n) is 16.3. The fraction of sp³-hybridized carbons (Fsp3) is 0.526. The summed E-state index contributed by atoms with van der Waals surface area (Å²) in [5, 5.41) is 4.09. The number of nitrogens with zero attached hydrogens (tertiary/aromatic N) is 4. The number of hydrogen-bond donors (Lipinski definition) is 0. The summed E-state index contributed by atoms with van der Waals surface area (Å²) in [4.78, 5) is 20.5. The molecule has 1 fully saturated rings. The molecule has 0 atom stereocenters. The molecule has 1 saturated heterocycles. The molecule has 146 valence electrons. The van der Waals surface area contributed by atoms with Crippen LogP contribution in [0.2, 0.25) is 0 Å². The number of carbonyl (C=O) groups is 1. The fourth-order valence-corrected chi connectivity index (χ4v) is 3.31. The van der Waals surface area contributed by atoms with E-state index in [0.717, 1.165) is 31.5 Å². The maximum Gasteiger partial charge on any atom is 0.241 e. The third-order valence-corrected chi connectivity index (χ3v) is 4.85. The molecular formula is C19H26N4O4. The van der Waals surface area contributed by atoms with E-state index in [9.17, 15) is 4.79 Å². The molecule has 0 radical (unpaired) electrons. The Morgan fingerprint density at radius 3 is 2.63 bits per heavy atom. The molecule has 0 saturated carbocycles. The van der Waals surface area contributed by atoms with Crippen molar-refractivity contribution in [3.8, 4) is 22.9 Å². The Balaban J connectivity index is 1.63. The molecule has 3 rings (SSSR count). The molecule has 2 heterocycles. The van der Waals surface area contributed by atoms with Gasteiger partial charge in [-0.15, -0.1) is 0 Å². The van der Waals surface area contributed by atoms with E-state index in [1.807, 2.05) is 26.2 Å². The van der Waals surface area contributed by atoms with Crippen molar-refractivity contribution in [1.82, 2.24) is 19.9 Å². The Hall–Kier alpha value is -2.61. The van der Waals surface area contributed by atoms with Crippen molar-refractivity contribution < 1.29 is 18.8 Å². The predicted octanol–water partition coefficient (Wildman–Crippen LogP) is 2.05. The van der Waals surface area contributed by atoms with Crippen LogP contribution in [0.5, 0.6) is 11.5 Å². The van der Waals surface area contributed by atoms with Crippen LogP contribution in [0.4, 0.5) is 0 Å². The van der Waals surface area contributed by atoms with Crippen molar-refractivity contribution >= 4 is 5.91 Å². The smallest absolute Gasteiger partial charge is 0.241 e. The second-order valence-electron chi connectivity index (χ2n) is 6.86. The third-order valence-electron chi connectivity index (χ3n) is 4.85. The van der Waals surface area contributed by atoms with Crippen molar-refractivity contribution in [3.05, 3.63) is 24.1 Å². The number of aromatic nitrogens is 2. The first-order chi connectivity index (χ1) is 13.0. The molecule has 0 aliphatic carbocycles. The summed E-state index contributed by atoms with van der Waals surface area (Å²) >= 11 is 0. The molecule has 1 aliphatic heterocycles. The number of ether oxygens (including phenoxy) is 2. The van der Waals surface area contributed by atoms with Crippen molar-refractivity contribution in [2.24, 2.45) is 5.92 Å². The Labute approximate surface area is 159 Å². The number of methoxy groups -OCH3 is 2. The van der Waals surface area contributed by atoms with Crippen LogP contribution < -0.4 is 9.47 Å². The minimum absolute atomic E-state index is 0.109. The molecule has 1 aliphatic rings. The van der Waals surface area contributed by atoms with Gasteiger partial charge in [0.2, 0.25) is 17.6 Å². The number of benzene rings is 1. The molecule has 2 aromatic rings. The molecule has 27 heavy (non-hydrogen) atoms. The molecule has 0 N–H and O–H groups in total. The van der Waals surface area contributed by atoms with Gasteiger partial charge < -0.3 is 18.9 Å². The maximum atomic E-state index is 12.1. The average molecular weight is 374 g/mol. The Morgan fingerprint density at radius 1 is 1.26 bits per heavy atom. The summed E-state index contributed by atoms with van der Waals surface area (Å²) in [7, 11) is 6.82.